The van der Waals surface area contributed by atoms with E-state index < -0.39 is 17.7 Å². The zero-order chi connectivity index (χ0) is 27.4. The third-order valence-corrected chi connectivity index (χ3v) is 6.68. The summed E-state index contributed by atoms with van der Waals surface area (Å²) in [6, 6.07) is 19.4. The lowest BCUT2D eigenvalue weighted by atomic mass is 9.92. The Morgan fingerprint density at radius 3 is 2.34 bits per heavy atom. The molecule has 1 saturated heterocycles. The summed E-state index contributed by atoms with van der Waals surface area (Å²) in [6.07, 6.45) is 0.880. The van der Waals surface area contributed by atoms with Gasteiger partial charge in [-0.1, -0.05) is 51.1 Å². The molecule has 3 aromatic rings. The molecule has 0 aliphatic carbocycles. The van der Waals surface area contributed by atoms with E-state index in [2.05, 4.69) is 13.8 Å². The summed E-state index contributed by atoms with van der Waals surface area (Å²) >= 11 is 0. The molecule has 198 valence electrons. The summed E-state index contributed by atoms with van der Waals surface area (Å²) in [5.74, 6) is 0.00470. The van der Waals surface area contributed by atoms with Crippen molar-refractivity contribution in [1.29, 1.82) is 0 Å². The van der Waals surface area contributed by atoms with Crippen molar-refractivity contribution in [1.82, 2.24) is 0 Å². The van der Waals surface area contributed by atoms with Crippen molar-refractivity contribution in [2.24, 2.45) is 0 Å². The number of aliphatic hydroxyl groups is 1. The first kappa shape index (κ1) is 27.0. The summed E-state index contributed by atoms with van der Waals surface area (Å²) in [7, 11) is 0. The minimum absolute atomic E-state index is 0.0516. The van der Waals surface area contributed by atoms with Crippen LogP contribution in [0, 0.1) is 6.92 Å². The molecule has 6 heteroatoms. The van der Waals surface area contributed by atoms with Crippen molar-refractivity contribution in [2.75, 3.05) is 18.1 Å². The number of benzene rings is 3. The van der Waals surface area contributed by atoms with E-state index in [-0.39, 0.29) is 11.3 Å². The molecule has 0 aromatic heterocycles. The second kappa shape index (κ2) is 11.5. The van der Waals surface area contributed by atoms with Crippen LogP contribution in [0.3, 0.4) is 0 Å². The molecule has 1 N–H and O–H groups in total. The molecule has 38 heavy (non-hydrogen) atoms. The number of anilines is 1. The third-order valence-electron chi connectivity index (χ3n) is 6.68. The van der Waals surface area contributed by atoms with Gasteiger partial charge in [0.05, 0.1) is 24.8 Å². The van der Waals surface area contributed by atoms with Crippen LogP contribution in [-0.2, 0) is 9.59 Å². The zero-order valence-electron chi connectivity index (χ0n) is 22.7. The Hall–Kier alpha value is -4.06. The minimum Gasteiger partial charge on any atom is -0.507 e. The highest BCUT2D eigenvalue weighted by Gasteiger charge is 2.47. The van der Waals surface area contributed by atoms with E-state index in [1.54, 1.807) is 42.5 Å². The largest absolute Gasteiger partial charge is 0.507 e. The number of carbonyl (C=O) groups excluding carboxylic acids is 2. The van der Waals surface area contributed by atoms with Crippen LogP contribution in [0.25, 0.3) is 5.76 Å². The maximum atomic E-state index is 13.5. The number of aryl methyl sites for hydroxylation is 1. The van der Waals surface area contributed by atoms with E-state index in [1.807, 2.05) is 45.0 Å². The maximum absolute atomic E-state index is 13.5. The first-order chi connectivity index (χ1) is 18.3. The highest BCUT2D eigenvalue weighted by Crippen LogP contribution is 2.43. The Bertz CT molecular complexity index is 1360. The summed E-state index contributed by atoms with van der Waals surface area (Å²) in [5.41, 5.74) is 3.74. The topological polar surface area (TPSA) is 76.1 Å². The van der Waals surface area contributed by atoms with E-state index >= 15 is 0 Å². The number of hydrogen-bond donors (Lipinski definition) is 1. The fourth-order valence-electron chi connectivity index (χ4n) is 4.69. The average Bonchev–Trinajstić information content (AvgIpc) is 3.18. The molecule has 1 aliphatic heterocycles. The van der Waals surface area contributed by atoms with Crippen LogP contribution >= 0.6 is 0 Å². The highest BCUT2D eigenvalue weighted by molar-refractivity contribution is 6.51. The van der Waals surface area contributed by atoms with Gasteiger partial charge in [-0.2, -0.15) is 0 Å². The number of aliphatic hydroxyl groups excluding tert-OH is 1. The van der Waals surface area contributed by atoms with Crippen molar-refractivity contribution < 1.29 is 24.2 Å². The van der Waals surface area contributed by atoms with E-state index in [0.29, 0.717) is 36.1 Å². The number of rotatable bonds is 9. The summed E-state index contributed by atoms with van der Waals surface area (Å²) in [5, 5.41) is 11.5. The summed E-state index contributed by atoms with van der Waals surface area (Å²) < 4.78 is 11.4. The van der Waals surface area contributed by atoms with E-state index in [9.17, 15) is 14.7 Å². The van der Waals surface area contributed by atoms with E-state index in [0.717, 1.165) is 28.9 Å². The molecule has 1 atom stereocenters. The van der Waals surface area contributed by atoms with Gasteiger partial charge in [0.25, 0.3) is 11.7 Å². The second-order valence-corrected chi connectivity index (χ2v) is 9.75. The van der Waals surface area contributed by atoms with Crippen LogP contribution in [0.5, 0.6) is 11.5 Å². The van der Waals surface area contributed by atoms with E-state index in [4.69, 9.17) is 9.47 Å². The van der Waals surface area contributed by atoms with Gasteiger partial charge in [0.15, 0.2) is 0 Å². The zero-order valence-corrected chi connectivity index (χ0v) is 22.7. The molecule has 3 aromatic carbocycles. The van der Waals surface area contributed by atoms with E-state index in [1.165, 1.54) is 4.90 Å². The number of Topliss-reactive ketones (excluding diaryl/α,β-unsaturated/α-hetero) is 1. The predicted molar refractivity (Wildman–Crippen MR) is 150 cm³/mol. The predicted octanol–water partition coefficient (Wildman–Crippen LogP) is 6.93. The SMILES string of the molecule is CCCOc1ccc(/C(O)=C2\C(=O)C(=O)N(c3cccc(OCC)c3)C2c2ccc(C(C)C)cc2)cc1C. The molecule has 1 heterocycles. The summed E-state index contributed by atoms with van der Waals surface area (Å²) in [4.78, 5) is 28.4. The molecule has 6 nitrogen and oxygen atoms in total. The molecule has 0 radical (unpaired) electrons. The maximum Gasteiger partial charge on any atom is 0.300 e. The third kappa shape index (κ3) is 5.30. The number of hydrogen-bond acceptors (Lipinski definition) is 5. The highest BCUT2D eigenvalue weighted by atomic mass is 16.5. The first-order valence-corrected chi connectivity index (χ1v) is 13.1. The normalized spacial score (nSPS) is 16.8. The molecule has 1 aliphatic rings. The van der Waals surface area contributed by atoms with Crippen molar-refractivity contribution in [3.63, 3.8) is 0 Å². The lowest BCUT2D eigenvalue weighted by molar-refractivity contribution is -0.132. The molecule has 1 unspecified atom stereocenters. The molecule has 0 bridgehead atoms. The van der Waals surface area contributed by atoms with Crippen LogP contribution < -0.4 is 14.4 Å². The lowest BCUT2D eigenvalue weighted by Crippen LogP contribution is -2.29. The monoisotopic (exact) mass is 513 g/mol. The number of ketones is 1. The van der Waals surface area contributed by atoms with Gasteiger partial charge in [0, 0.05) is 17.3 Å². The smallest absolute Gasteiger partial charge is 0.300 e. The van der Waals surface area contributed by atoms with Gasteiger partial charge in [0.1, 0.15) is 17.3 Å². The average molecular weight is 514 g/mol. The Labute approximate surface area is 224 Å². The Morgan fingerprint density at radius 2 is 1.71 bits per heavy atom. The Kier molecular flexibility index (Phi) is 8.20. The van der Waals surface area contributed by atoms with Crippen LogP contribution in [-0.4, -0.2) is 30.0 Å². The molecular formula is C32H35NO5. The van der Waals surface area contributed by atoms with Crippen LogP contribution in [0.2, 0.25) is 0 Å². The first-order valence-electron chi connectivity index (χ1n) is 13.1. The van der Waals surface area contributed by atoms with Gasteiger partial charge >= 0.3 is 0 Å². The van der Waals surface area contributed by atoms with Gasteiger partial charge in [-0.05, 0) is 73.2 Å². The number of ether oxygens (including phenoxy) is 2. The second-order valence-electron chi connectivity index (χ2n) is 9.75. The Balaban J connectivity index is 1.87. The van der Waals surface area contributed by atoms with Crippen LogP contribution in [0.15, 0.2) is 72.3 Å². The molecule has 1 amide bonds. The molecular weight excluding hydrogens is 478 g/mol. The van der Waals surface area contributed by atoms with Crippen molar-refractivity contribution in [3.8, 4) is 11.5 Å². The van der Waals surface area contributed by atoms with Gasteiger partial charge < -0.3 is 14.6 Å². The van der Waals surface area contributed by atoms with Gasteiger partial charge in [0.2, 0.25) is 0 Å². The molecule has 1 fully saturated rings. The van der Waals surface area contributed by atoms with Gasteiger partial charge in [-0.25, -0.2) is 0 Å². The minimum atomic E-state index is -0.801. The number of amides is 1. The summed E-state index contributed by atoms with van der Waals surface area (Å²) in [6.45, 7) is 11.1. The van der Waals surface area contributed by atoms with Crippen LogP contribution in [0.4, 0.5) is 5.69 Å². The van der Waals surface area contributed by atoms with Crippen molar-refractivity contribution in [3.05, 3.63) is 94.6 Å². The van der Waals surface area contributed by atoms with Crippen molar-refractivity contribution in [2.45, 2.75) is 53.0 Å². The fourth-order valence-corrected chi connectivity index (χ4v) is 4.69. The quantitative estimate of drug-likeness (QED) is 0.191. The van der Waals surface area contributed by atoms with Gasteiger partial charge in [-0.15, -0.1) is 0 Å². The van der Waals surface area contributed by atoms with Crippen LogP contribution in [0.1, 0.15) is 68.3 Å². The van der Waals surface area contributed by atoms with Gasteiger partial charge in [-0.3, -0.25) is 14.5 Å². The number of carbonyl (C=O) groups is 2. The fraction of sp³-hybridized carbons (Fsp3) is 0.312. The number of nitrogens with zero attached hydrogens (tertiary/aromatic N) is 1. The molecule has 0 spiro atoms. The molecule has 4 rings (SSSR count). The lowest BCUT2D eigenvalue weighted by Gasteiger charge is -2.26. The van der Waals surface area contributed by atoms with Crippen molar-refractivity contribution >= 4 is 23.1 Å². The Morgan fingerprint density at radius 1 is 0.974 bits per heavy atom. The molecule has 0 saturated carbocycles. The standard InChI is InChI=1S/C32H35NO5/c1-6-17-38-27-16-15-24(18-21(27)5)30(34)28-29(23-13-11-22(12-14-23)20(3)4)33(32(36)31(28)35)25-9-8-10-26(19-25)37-7-2/h8-16,18-20,29,34H,6-7,17H2,1-5H3/b30-28+.